The Kier molecular flexibility index (Phi) is 5.03. The Morgan fingerprint density at radius 3 is 2.88 bits per heavy atom. The van der Waals surface area contributed by atoms with Gasteiger partial charge in [0.05, 0.1) is 33.9 Å². The molecule has 0 aromatic heterocycles. The van der Waals surface area contributed by atoms with Crippen molar-refractivity contribution in [2.24, 2.45) is 0 Å². The first kappa shape index (κ1) is 13.6. The van der Waals surface area contributed by atoms with E-state index in [0.29, 0.717) is 17.0 Å². The van der Waals surface area contributed by atoms with Crippen molar-refractivity contribution in [1.29, 1.82) is 5.26 Å². The Bertz CT molecular complexity index is 445. The molecule has 1 aromatic rings. The molecule has 5 nitrogen and oxygen atoms in total. The summed E-state index contributed by atoms with van der Waals surface area (Å²) in [5.41, 5.74) is 6.66. The fourth-order valence-electron chi connectivity index (χ4n) is 1.20. The highest BCUT2D eigenvalue weighted by molar-refractivity contribution is 14.1. The van der Waals surface area contributed by atoms with Crippen LogP contribution < -0.4 is 15.8 Å². The van der Waals surface area contributed by atoms with Crippen LogP contribution >= 0.6 is 22.6 Å². The molecule has 6 heteroatoms. The van der Waals surface area contributed by atoms with Gasteiger partial charge in [0, 0.05) is 7.05 Å². The van der Waals surface area contributed by atoms with Crippen molar-refractivity contribution in [2.75, 3.05) is 19.4 Å². The third kappa shape index (κ3) is 3.78. The maximum atomic E-state index is 11.0. The van der Waals surface area contributed by atoms with Gasteiger partial charge in [-0.1, -0.05) is 0 Å². The first-order valence-electron chi connectivity index (χ1n) is 4.91. The van der Waals surface area contributed by atoms with Crippen molar-refractivity contribution in [2.45, 2.75) is 6.42 Å². The largest absolute Gasteiger partial charge is 0.490 e. The van der Waals surface area contributed by atoms with E-state index in [4.69, 9.17) is 15.7 Å². The third-order valence-electron chi connectivity index (χ3n) is 2.06. The highest BCUT2D eigenvalue weighted by Crippen LogP contribution is 2.29. The van der Waals surface area contributed by atoms with Crippen molar-refractivity contribution in [3.8, 4) is 11.8 Å². The summed E-state index contributed by atoms with van der Waals surface area (Å²) < 4.78 is 6.20. The van der Waals surface area contributed by atoms with Gasteiger partial charge in [0.25, 0.3) is 0 Å². The molecule has 17 heavy (non-hydrogen) atoms. The summed E-state index contributed by atoms with van der Waals surface area (Å²) in [6.45, 7) is 0.256. The van der Waals surface area contributed by atoms with Crippen molar-refractivity contribution in [1.82, 2.24) is 5.32 Å². The Morgan fingerprint density at radius 1 is 1.65 bits per heavy atom. The third-order valence-corrected chi connectivity index (χ3v) is 2.86. The Morgan fingerprint density at radius 2 is 2.35 bits per heavy atom. The molecule has 1 rings (SSSR count). The van der Waals surface area contributed by atoms with Crippen LogP contribution in [-0.4, -0.2) is 19.6 Å². The van der Waals surface area contributed by atoms with Crippen LogP contribution in [0.15, 0.2) is 12.1 Å². The molecule has 0 bridgehead atoms. The van der Waals surface area contributed by atoms with Crippen molar-refractivity contribution in [3.63, 3.8) is 0 Å². The molecule has 90 valence electrons. The minimum Gasteiger partial charge on any atom is -0.490 e. The van der Waals surface area contributed by atoms with Crippen LogP contribution in [0.4, 0.5) is 5.69 Å². The first-order chi connectivity index (χ1) is 8.08. The second kappa shape index (κ2) is 6.30. The van der Waals surface area contributed by atoms with Gasteiger partial charge in [-0.15, -0.1) is 0 Å². The molecule has 0 aliphatic rings. The van der Waals surface area contributed by atoms with E-state index in [1.54, 1.807) is 19.2 Å². The lowest BCUT2D eigenvalue weighted by atomic mass is 10.2. The quantitative estimate of drug-likeness (QED) is 0.635. The van der Waals surface area contributed by atoms with Crippen LogP contribution in [0.5, 0.6) is 5.75 Å². The van der Waals surface area contributed by atoms with Gasteiger partial charge in [-0.3, -0.25) is 4.79 Å². The van der Waals surface area contributed by atoms with Crippen molar-refractivity contribution >= 4 is 34.2 Å². The van der Waals surface area contributed by atoms with Crippen LogP contribution in [0.1, 0.15) is 12.0 Å². The van der Waals surface area contributed by atoms with Crippen LogP contribution in [0.3, 0.4) is 0 Å². The average molecular weight is 345 g/mol. The Hall–Kier alpha value is -1.49. The van der Waals surface area contributed by atoms with E-state index in [1.165, 1.54) is 0 Å². The Balaban J connectivity index is 2.72. The molecule has 0 saturated carbocycles. The van der Waals surface area contributed by atoms with Crippen LogP contribution in [-0.2, 0) is 4.79 Å². The minimum atomic E-state index is -0.0905. The number of anilines is 1. The van der Waals surface area contributed by atoms with Gasteiger partial charge < -0.3 is 15.8 Å². The maximum absolute atomic E-state index is 11.0. The lowest BCUT2D eigenvalue weighted by Crippen LogP contribution is -2.20. The van der Waals surface area contributed by atoms with E-state index < -0.39 is 0 Å². The molecule has 0 unspecified atom stereocenters. The number of nitrogens with two attached hydrogens (primary N) is 1. The van der Waals surface area contributed by atoms with E-state index in [0.717, 1.165) is 3.57 Å². The highest BCUT2D eigenvalue weighted by atomic mass is 127. The number of hydrogen-bond acceptors (Lipinski definition) is 4. The number of rotatable bonds is 4. The average Bonchev–Trinajstić information content (AvgIpc) is 2.31. The summed E-state index contributed by atoms with van der Waals surface area (Å²) in [5.74, 6) is 0.431. The molecule has 3 N–H and O–H groups in total. The lowest BCUT2D eigenvalue weighted by molar-refractivity contribution is -0.121. The van der Waals surface area contributed by atoms with Crippen molar-refractivity contribution in [3.05, 3.63) is 21.3 Å². The van der Waals surface area contributed by atoms with E-state index in [-0.39, 0.29) is 18.9 Å². The number of carbonyl (C=O) groups is 1. The summed E-state index contributed by atoms with van der Waals surface area (Å²) in [4.78, 5) is 11.0. The number of ether oxygens (including phenoxy) is 1. The van der Waals surface area contributed by atoms with Gasteiger partial charge in [0.1, 0.15) is 0 Å². The second-order valence-electron chi connectivity index (χ2n) is 3.26. The van der Waals surface area contributed by atoms with E-state index >= 15 is 0 Å². The number of amides is 1. The zero-order chi connectivity index (χ0) is 12.8. The van der Waals surface area contributed by atoms with Gasteiger partial charge in [0.2, 0.25) is 5.91 Å². The molecule has 0 spiro atoms. The number of nitrogen functional groups attached to an aromatic ring is 1. The predicted octanol–water partition coefficient (Wildman–Crippen LogP) is 1.26. The highest BCUT2D eigenvalue weighted by Gasteiger charge is 2.09. The number of nitrogens with one attached hydrogen (secondary N) is 1. The van der Waals surface area contributed by atoms with Crippen LogP contribution in [0.2, 0.25) is 0 Å². The number of hydrogen-bond donors (Lipinski definition) is 2. The Labute approximate surface area is 113 Å². The molecule has 0 aliphatic carbocycles. The first-order valence-corrected chi connectivity index (χ1v) is 5.99. The summed E-state index contributed by atoms with van der Waals surface area (Å²) in [6, 6.07) is 5.25. The van der Waals surface area contributed by atoms with E-state index in [2.05, 4.69) is 5.32 Å². The lowest BCUT2D eigenvalue weighted by Gasteiger charge is -2.10. The molecule has 0 fully saturated rings. The molecule has 0 aliphatic heterocycles. The molecule has 0 saturated heterocycles. The predicted molar refractivity (Wildman–Crippen MR) is 72.5 cm³/mol. The second-order valence-corrected chi connectivity index (χ2v) is 4.42. The van der Waals surface area contributed by atoms with Gasteiger partial charge in [0.15, 0.2) is 5.75 Å². The molecule has 0 heterocycles. The number of halogens is 1. The fourth-order valence-corrected chi connectivity index (χ4v) is 2.00. The standard InChI is InChI=1S/C11H12IN3O2/c1-15-10(16)2-3-17-11-8(12)4-7(6-13)5-9(11)14/h4-5H,2-3,14H2,1H3,(H,15,16). The maximum Gasteiger partial charge on any atom is 0.223 e. The molecule has 1 aromatic carbocycles. The molecular weight excluding hydrogens is 333 g/mol. The normalized spacial score (nSPS) is 9.47. The fraction of sp³-hybridized carbons (Fsp3) is 0.273. The van der Waals surface area contributed by atoms with Gasteiger partial charge in [-0.25, -0.2) is 0 Å². The van der Waals surface area contributed by atoms with E-state index in [9.17, 15) is 4.79 Å². The summed E-state index contributed by atoms with van der Waals surface area (Å²) in [7, 11) is 1.57. The summed E-state index contributed by atoms with van der Waals surface area (Å²) in [5, 5.41) is 11.3. The van der Waals surface area contributed by atoms with Gasteiger partial charge in [-0.2, -0.15) is 5.26 Å². The van der Waals surface area contributed by atoms with Gasteiger partial charge in [-0.05, 0) is 34.7 Å². The summed E-state index contributed by atoms with van der Waals surface area (Å²) in [6.07, 6.45) is 0.270. The molecule has 0 radical (unpaired) electrons. The number of nitriles is 1. The number of benzene rings is 1. The van der Waals surface area contributed by atoms with Gasteiger partial charge >= 0.3 is 0 Å². The zero-order valence-corrected chi connectivity index (χ0v) is 11.4. The topological polar surface area (TPSA) is 88.1 Å². The molecule has 1 amide bonds. The molecule has 0 atom stereocenters. The number of carbonyl (C=O) groups excluding carboxylic acids is 1. The monoisotopic (exact) mass is 345 g/mol. The van der Waals surface area contributed by atoms with Crippen LogP contribution in [0.25, 0.3) is 0 Å². The van der Waals surface area contributed by atoms with Crippen molar-refractivity contribution < 1.29 is 9.53 Å². The smallest absolute Gasteiger partial charge is 0.223 e. The summed E-state index contributed by atoms with van der Waals surface area (Å²) >= 11 is 2.04. The minimum absolute atomic E-state index is 0.0905. The molecular formula is C11H12IN3O2. The number of nitrogens with zero attached hydrogens (tertiary/aromatic N) is 1. The SMILES string of the molecule is CNC(=O)CCOc1c(N)cc(C#N)cc1I. The van der Waals surface area contributed by atoms with E-state index in [1.807, 2.05) is 28.7 Å². The van der Waals surface area contributed by atoms with Crippen LogP contribution in [0, 0.1) is 14.9 Å². The zero-order valence-electron chi connectivity index (χ0n) is 9.29.